The van der Waals surface area contributed by atoms with E-state index in [2.05, 4.69) is 31.2 Å². The van der Waals surface area contributed by atoms with Gasteiger partial charge in [0.05, 0.1) is 0 Å². The van der Waals surface area contributed by atoms with Gasteiger partial charge in [0.25, 0.3) is 0 Å². The average molecular weight is 210 g/mol. The van der Waals surface area contributed by atoms with E-state index in [0.717, 1.165) is 5.92 Å². The fourth-order valence-corrected chi connectivity index (χ4v) is 2.00. The Morgan fingerprint density at radius 3 is 2.43 bits per heavy atom. The van der Waals surface area contributed by atoms with Crippen LogP contribution in [0.1, 0.15) is 50.7 Å². The molecule has 0 radical (unpaired) electrons. The van der Waals surface area contributed by atoms with Crippen molar-refractivity contribution in [3.05, 3.63) is 35.4 Å². The molecule has 1 unspecified atom stereocenters. The van der Waals surface area contributed by atoms with Crippen LogP contribution < -0.4 is 0 Å². The van der Waals surface area contributed by atoms with E-state index in [-0.39, 0.29) is 13.5 Å². The molecular formula is C13H22S. The molecule has 1 aromatic carbocycles. The number of hydrogen-bond acceptors (Lipinski definition) is 0. The molecule has 1 atom stereocenters. The quantitative estimate of drug-likeness (QED) is 0.600. The lowest BCUT2D eigenvalue weighted by Crippen LogP contribution is -2.05. The Hall–Kier alpha value is -0.430. The van der Waals surface area contributed by atoms with Crippen LogP contribution >= 0.6 is 13.5 Å². The number of fused-ring (bicyclic) bond motifs is 1. The first kappa shape index (κ1) is 13.6. The third-order valence-corrected chi connectivity index (χ3v) is 2.67. The number of rotatable bonds is 0. The van der Waals surface area contributed by atoms with Crippen LogP contribution in [0.25, 0.3) is 0 Å². The molecule has 80 valence electrons. The zero-order chi connectivity index (χ0) is 9.68. The van der Waals surface area contributed by atoms with Crippen LogP contribution in [-0.4, -0.2) is 0 Å². The van der Waals surface area contributed by atoms with Crippen molar-refractivity contribution in [1.82, 2.24) is 0 Å². The Morgan fingerprint density at radius 1 is 1.14 bits per heavy atom. The standard InChI is InChI=1S/C11H14.C2H6.H2S/c1-9-5-4-7-10-6-2-3-8-11(9)10;1-2;/h2-3,6,8-9H,4-5,7H2,1H3;1-2H3;1H2. The molecule has 0 saturated carbocycles. The fraction of sp³-hybridized carbons (Fsp3) is 0.538. The maximum Gasteiger partial charge on any atom is -0.0188 e. The summed E-state index contributed by atoms with van der Waals surface area (Å²) in [6.45, 7) is 6.33. The van der Waals surface area contributed by atoms with Crippen molar-refractivity contribution in [2.24, 2.45) is 0 Å². The highest BCUT2D eigenvalue weighted by atomic mass is 32.1. The fourth-order valence-electron chi connectivity index (χ4n) is 2.00. The van der Waals surface area contributed by atoms with E-state index in [1.54, 1.807) is 11.1 Å². The molecular weight excluding hydrogens is 188 g/mol. The van der Waals surface area contributed by atoms with E-state index < -0.39 is 0 Å². The van der Waals surface area contributed by atoms with Gasteiger partial charge in [0, 0.05) is 0 Å². The van der Waals surface area contributed by atoms with Crippen molar-refractivity contribution in [1.29, 1.82) is 0 Å². The summed E-state index contributed by atoms with van der Waals surface area (Å²) in [5.41, 5.74) is 3.16. The smallest absolute Gasteiger partial charge is 0.0188 e. The molecule has 0 nitrogen and oxygen atoms in total. The predicted molar refractivity (Wildman–Crippen MR) is 69.5 cm³/mol. The van der Waals surface area contributed by atoms with Gasteiger partial charge in [0.1, 0.15) is 0 Å². The Bertz CT molecular complexity index is 255. The highest BCUT2D eigenvalue weighted by Gasteiger charge is 2.14. The van der Waals surface area contributed by atoms with E-state index >= 15 is 0 Å². The van der Waals surface area contributed by atoms with Gasteiger partial charge >= 0.3 is 0 Å². The van der Waals surface area contributed by atoms with Gasteiger partial charge in [-0.25, -0.2) is 0 Å². The molecule has 0 saturated heterocycles. The van der Waals surface area contributed by atoms with Crippen LogP contribution in [0.2, 0.25) is 0 Å². The third-order valence-electron chi connectivity index (χ3n) is 2.67. The first-order chi connectivity index (χ1) is 6.38. The first-order valence-corrected chi connectivity index (χ1v) is 5.46. The van der Waals surface area contributed by atoms with Crippen molar-refractivity contribution in [2.45, 2.75) is 46.0 Å². The molecule has 0 bridgehead atoms. The minimum absolute atomic E-state index is 0. The SMILES string of the molecule is CC.CC1CCCc2ccccc21.S. The predicted octanol–water partition coefficient (Wildman–Crippen LogP) is 4.27. The average Bonchev–Trinajstić information content (AvgIpc) is 2.22. The summed E-state index contributed by atoms with van der Waals surface area (Å²) in [6.07, 6.45) is 4.04. The van der Waals surface area contributed by atoms with E-state index in [4.69, 9.17) is 0 Å². The van der Waals surface area contributed by atoms with Crippen molar-refractivity contribution in [3.63, 3.8) is 0 Å². The lowest BCUT2D eigenvalue weighted by molar-refractivity contribution is 0.590. The van der Waals surface area contributed by atoms with Crippen LogP contribution in [0.15, 0.2) is 24.3 Å². The van der Waals surface area contributed by atoms with Gasteiger partial charge in [-0.1, -0.05) is 45.0 Å². The maximum absolute atomic E-state index is 2.33. The first-order valence-electron chi connectivity index (χ1n) is 5.46. The normalized spacial score (nSPS) is 18.4. The number of aryl methyl sites for hydroxylation is 1. The van der Waals surface area contributed by atoms with Gasteiger partial charge in [0.15, 0.2) is 0 Å². The van der Waals surface area contributed by atoms with E-state index in [1.807, 2.05) is 13.8 Å². The van der Waals surface area contributed by atoms with Gasteiger partial charge in [-0.3, -0.25) is 0 Å². The van der Waals surface area contributed by atoms with E-state index in [1.165, 1.54) is 19.3 Å². The van der Waals surface area contributed by atoms with Gasteiger partial charge in [0.2, 0.25) is 0 Å². The van der Waals surface area contributed by atoms with Crippen LogP contribution in [0.5, 0.6) is 0 Å². The summed E-state index contributed by atoms with van der Waals surface area (Å²) >= 11 is 0. The molecule has 0 aliphatic heterocycles. The summed E-state index contributed by atoms with van der Waals surface area (Å²) in [5, 5.41) is 0. The molecule has 1 aromatic rings. The zero-order valence-corrected chi connectivity index (χ0v) is 10.5. The number of hydrogen-bond donors (Lipinski definition) is 0. The minimum Gasteiger partial charge on any atom is -0.197 e. The molecule has 0 aromatic heterocycles. The molecule has 1 aliphatic rings. The van der Waals surface area contributed by atoms with E-state index in [0.29, 0.717) is 0 Å². The highest BCUT2D eigenvalue weighted by molar-refractivity contribution is 7.59. The largest absolute Gasteiger partial charge is 0.197 e. The molecule has 1 heteroatoms. The summed E-state index contributed by atoms with van der Waals surface area (Å²) in [5.74, 6) is 0.792. The molecule has 2 rings (SSSR count). The Labute approximate surface area is 95.2 Å². The van der Waals surface area contributed by atoms with Crippen LogP contribution in [0, 0.1) is 0 Å². The molecule has 0 fully saturated rings. The summed E-state index contributed by atoms with van der Waals surface area (Å²) in [4.78, 5) is 0. The summed E-state index contributed by atoms with van der Waals surface area (Å²) in [6, 6.07) is 8.85. The van der Waals surface area contributed by atoms with Crippen LogP contribution in [-0.2, 0) is 6.42 Å². The van der Waals surface area contributed by atoms with Gasteiger partial charge in [-0.2, -0.15) is 13.5 Å². The zero-order valence-electron chi connectivity index (χ0n) is 9.51. The molecule has 0 heterocycles. The molecule has 0 N–H and O–H groups in total. The van der Waals surface area contributed by atoms with Crippen LogP contribution in [0.4, 0.5) is 0 Å². The molecule has 14 heavy (non-hydrogen) atoms. The highest BCUT2D eigenvalue weighted by Crippen LogP contribution is 2.30. The van der Waals surface area contributed by atoms with E-state index in [9.17, 15) is 0 Å². The maximum atomic E-state index is 2.33. The number of benzene rings is 1. The second-order valence-corrected chi connectivity index (χ2v) is 3.49. The second-order valence-electron chi connectivity index (χ2n) is 3.49. The Morgan fingerprint density at radius 2 is 1.79 bits per heavy atom. The van der Waals surface area contributed by atoms with Crippen molar-refractivity contribution >= 4 is 13.5 Å². The van der Waals surface area contributed by atoms with Crippen molar-refractivity contribution in [3.8, 4) is 0 Å². The monoisotopic (exact) mass is 210 g/mol. The summed E-state index contributed by atoms with van der Waals surface area (Å²) in [7, 11) is 0. The van der Waals surface area contributed by atoms with Gasteiger partial charge in [-0.05, 0) is 36.3 Å². The van der Waals surface area contributed by atoms with Crippen LogP contribution in [0.3, 0.4) is 0 Å². The van der Waals surface area contributed by atoms with Gasteiger partial charge < -0.3 is 0 Å². The minimum atomic E-state index is 0. The summed E-state index contributed by atoms with van der Waals surface area (Å²) < 4.78 is 0. The van der Waals surface area contributed by atoms with Gasteiger partial charge in [-0.15, -0.1) is 0 Å². The molecule has 0 amide bonds. The molecule has 1 aliphatic carbocycles. The lowest BCUT2D eigenvalue weighted by atomic mass is 9.84. The van der Waals surface area contributed by atoms with Crippen molar-refractivity contribution < 1.29 is 0 Å². The third kappa shape index (κ3) is 3.06. The van der Waals surface area contributed by atoms with Crippen molar-refractivity contribution in [2.75, 3.05) is 0 Å². The Kier molecular flexibility index (Phi) is 6.73. The lowest BCUT2D eigenvalue weighted by Gasteiger charge is -2.21. The second kappa shape index (κ2) is 6.94. The topological polar surface area (TPSA) is 0 Å². The Balaban J connectivity index is 0.000000531. The molecule has 0 spiro atoms.